The Kier molecular flexibility index (Phi) is 8.07. The predicted octanol–water partition coefficient (Wildman–Crippen LogP) is 6.68. The molecule has 0 atom stereocenters. The van der Waals surface area contributed by atoms with E-state index in [0.717, 1.165) is 33.4 Å². The molecule has 0 aromatic heterocycles. The number of ether oxygens (including phenoxy) is 2. The molecule has 8 heteroatoms. The Hall–Kier alpha value is -3.14. The molecule has 3 aliphatic rings. The van der Waals surface area contributed by atoms with Crippen LogP contribution in [0.15, 0.2) is 65.0 Å². The summed E-state index contributed by atoms with van der Waals surface area (Å²) >= 11 is 2.18. The lowest BCUT2D eigenvalue weighted by molar-refractivity contribution is -0.119. The third-order valence-corrected chi connectivity index (χ3v) is 8.59. The van der Waals surface area contributed by atoms with Crippen LogP contribution in [-0.2, 0) is 14.4 Å². The first-order valence-electron chi connectivity index (χ1n) is 14.1. The molecule has 5 rings (SSSR count). The fourth-order valence-corrected chi connectivity index (χ4v) is 7.02. The van der Waals surface area contributed by atoms with Crippen molar-refractivity contribution in [1.82, 2.24) is 5.32 Å². The Balaban J connectivity index is 1.53. The van der Waals surface area contributed by atoms with E-state index in [-0.39, 0.29) is 34.9 Å². The van der Waals surface area contributed by atoms with Gasteiger partial charge in [-0.1, -0.05) is 45.9 Å². The van der Waals surface area contributed by atoms with E-state index in [2.05, 4.69) is 60.9 Å². The van der Waals surface area contributed by atoms with Gasteiger partial charge >= 0.3 is 0 Å². The fourth-order valence-electron chi connectivity index (χ4n) is 6.24. The molecule has 0 bridgehead atoms. The number of Topliss-reactive ketones (excluding diaryl/α,β-unsaturated/α-hetero) is 2. The Morgan fingerprint density at radius 2 is 1.51 bits per heavy atom. The third-order valence-electron chi connectivity index (χ3n) is 7.79. The Morgan fingerprint density at radius 3 is 2.07 bits per heavy atom. The third kappa shape index (κ3) is 6.22. The average Bonchev–Trinajstić information content (AvgIpc) is 2.86. The number of benzene rings is 2. The molecule has 0 saturated heterocycles. The number of halogens is 1. The van der Waals surface area contributed by atoms with Crippen LogP contribution in [0.3, 0.4) is 0 Å². The summed E-state index contributed by atoms with van der Waals surface area (Å²) in [7, 11) is 0. The molecule has 7 nitrogen and oxygen atoms in total. The lowest BCUT2D eigenvalue weighted by Crippen LogP contribution is -2.42. The van der Waals surface area contributed by atoms with Gasteiger partial charge in [0.25, 0.3) is 5.91 Å². The van der Waals surface area contributed by atoms with Gasteiger partial charge in [0.05, 0.1) is 10.2 Å². The van der Waals surface area contributed by atoms with Crippen LogP contribution in [-0.4, -0.2) is 30.7 Å². The standard InChI is InChI=1S/C33H37IN2O5/c1-6-40-26-13-19(12-21(34)31(26)41-18-27(39)35-20-10-8-7-9-11-20)28-29-22(14-32(2,3)16-24(29)37)36-23-15-33(4,5)17-25(38)30(23)28/h7-13,28,36H,6,14-18H2,1-5H3,(H,35,39). The van der Waals surface area contributed by atoms with Crippen molar-refractivity contribution in [2.45, 2.75) is 66.2 Å². The predicted molar refractivity (Wildman–Crippen MR) is 167 cm³/mol. The second kappa shape index (κ2) is 11.3. The molecule has 216 valence electrons. The van der Waals surface area contributed by atoms with Gasteiger partial charge in [0.15, 0.2) is 29.7 Å². The Morgan fingerprint density at radius 1 is 0.927 bits per heavy atom. The van der Waals surface area contributed by atoms with E-state index in [1.165, 1.54) is 0 Å². The zero-order valence-electron chi connectivity index (χ0n) is 24.3. The number of carbonyl (C=O) groups excluding carboxylic acids is 3. The highest BCUT2D eigenvalue weighted by molar-refractivity contribution is 14.1. The zero-order valence-corrected chi connectivity index (χ0v) is 26.4. The van der Waals surface area contributed by atoms with Crippen LogP contribution in [0.25, 0.3) is 0 Å². The number of carbonyl (C=O) groups is 3. The average molecular weight is 669 g/mol. The Labute approximate surface area is 255 Å². The molecular formula is C33H37IN2O5. The molecule has 2 aromatic carbocycles. The van der Waals surface area contributed by atoms with Gasteiger partial charge in [-0.3, -0.25) is 14.4 Å². The summed E-state index contributed by atoms with van der Waals surface area (Å²) < 4.78 is 12.7. The van der Waals surface area contributed by atoms with Crippen molar-refractivity contribution in [1.29, 1.82) is 0 Å². The number of dihydropyridines is 1. The molecule has 0 fully saturated rings. The number of rotatable bonds is 7. The van der Waals surface area contributed by atoms with Gasteiger partial charge in [0.1, 0.15) is 0 Å². The maximum Gasteiger partial charge on any atom is 0.262 e. The van der Waals surface area contributed by atoms with Crippen molar-refractivity contribution in [3.05, 3.63) is 74.1 Å². The van der Waals surface area contributed by atoms with Gasteiger partial charge in [0.2, 0.25) is 0 Å². The first-order chi connectivity index (χ1) is 19.4. The zero-order chi connectivity index (χ0) is 29.5. The van der Waals surface area contributed by atoms with Crippen LogP contribution in [0.1, 0.15) is 71.8 Å². The fraction of sp³-hybridized carbons (Fsp3) is 0.424. The largest absolute Gasteiger partial charge is 0.490 e. The monoisotopic (exact) mass is 668 g/mol. The van der Waals surface area contributed by atoms with Crippen molar-refractivity contribution in [3.63, 3.8) is 0 Å². The lowest BCUT2D eigenvalue weighted by Gasteiger charge is -2.44. The van der Waals surface area contributed by atoms with Gasteiger partial charge in [-0.15, -0.1) is 0 Å². The van der Waals surface area contributed by atoms with Crippen LogP contribution in [0.5, 0.6) is 11.5 Å². The van der Waals surface area contributed by atoms with E-state index >= 15 is 0 Å². The first kappa shape index (κ1) is 29.4. The van der Waals surface area contributed by atoms with Gasteiger partial charge in [-0.05, 0) is 83.0 Å². The quantitative estimate of drug-likeness (QED) is 0.320. The second-order valence-electron chi connectivity index (χ2n) is 12.7. The summed E-state index contributed by atoms with van der Waals surface area (Å²) in [6.07, 6.45) is 2.34. The first-order valence-corrected chi connectivity index (χ1v) is 15.2. The Bertz CT molecular complexity index is 1420. The molecule has 2 aromatic rings. The highest BCUT2D eigenvalue weighted by Crippen LogP contribution is 2.52. The van der Waals surface area contributed by atoms with Crippen LogP contribution in [0.4, 0.5) is 5.69 Å². The molecule has 1 heterocycles. The van der Waals surface area contributed by atoms with Crippen molar-refractivity contribution >= 4 is 45.8 Å². The number of nitrogens with one attached hydrogen (secondary N) is 2. The molecule has 0 saturated carbocycles. The van der Waals surface area contributed by atoms with Crippen LogP contribution in [0.2, 0.25) is 0 Å². The minimum absolute atomic E-state index is 0.0730. The number of hydrogen-bond donors (Lipinski definition) is 2. The minimum Gasteiger partial charge on any atom is -0.490 e. The highest BCUT2D eigenvalue weighted by atomic mass is 127. The van der Waals surface area contributed by atoms with Gasteiger partial charge < -0.3 is 20.1 Å². The van der Waals surface area contributed by atoms with Crippen LogP contribution < -0.4 is 20.1 Å². The summed E-state index contributed by atoms with van der Waals surface area (Å²) in [5, 5.41) is 6.39. The van der Waals surface area contributed by atoms with E-state index in [1.807, 2.05) is 49.4 Å². The summed E-state index contributed by atoms with van der Waals surface area (Å²) in [5.41, 5.74) is 4.40. The van der Waals surface area contributed by atoms with Gasteiger partial charge in [-0.2, -0.15) is 0 Å². The number of para-hydroxylation sites is 1. The maximum atomic E-state index is 13.7. The summed E-state index contributed by atoms with van der Waals surface area (Å²) in [5.74, 6) is 0.331. The molecule has 2 N–H and O–H groups in total. The number of anilines is 1. The molecule has 0 radical (unpaired) electrons. The smallest absolute Gasteiger partial charge is 0.262 e. The highest BCUT2D eigenvalue weighted by Gasteiger charge is 2.46. The summed E-state index contributed by atoms with van der Waals surface area (Å²) in [6, 6.07) is 13.0. The van der Waals surface area contributed by atoms with Crippen LogP contribution >= 0.6 is 22.6 Å². The SMILES string of the molecule is CCOc1cc(C2C3=C(CC(C)(C)CC3=O)NC3=C2C(=O)CC(C)(C)C3)cc(I)c1OCC(=O)Nc1ccccc1. The number of amides is 1. The van der Waals surface area contributed by atoms with Crippen molar-refractivity contribution < 1.29 is 23.9 Å². The van der Waals surface area contributed by atoms with Crippen molar-refractivity contribution in [2.24, 2.45) is 10.8 Å². The molecule has 41 heavy (non-hydrogen) atoms. The second-order valence-corrected chi connectivity index (χ2v) is 13.9. The van der Waals surface area contributed by atoms with E-state index in [1.54, 1.807) is 0 Å². The summed E-state index contributed by atoms with van der Waals surface area (Å²) in [4.78, 5) is 40.0. The molecule has 2 aliphatic carbocycles. The molecule has 0 unspecified atom stereocenters. The van der Waals surface area contributed by atoms with Crippen molar-refractivity contribution in [3.8, 4) is 11.5 Å². The van der Waals surface area contributed by atoms with E-state index < -0.39 is 5.92 Å². The summed E-state index contributed by atoms with van der Waals surface area (Å²) in [6.45, 7) is 10.5. The molecular weight excluding hydrogens is 631 g/mol. The number of hydrogen-bond acceptors (Lipinski definition) is 6. The normalized spacial score (nSPS) is 19.8. The molecule has 0 spiro atoms. The van der Waals surface area contributed by atoms with E-state index in [4.69, 9.17) is 9.47 Å². The maximum absolute atomic E-state index is 13.7. The number of ketones is 2. The topological polar surface area (TPSA) is 93.7 Å². The van der Waals surface area contributed by atoms with Gasteiger partial charge in [-0.25, -0.2) is 0 Å². The van der Waals surface area contributed by atoms with Gasteiger partial charge in [0, 0.05) is 47.0 Å². The van der Waals surface area contributed by atoms with Crippen molar-refractivity contribution in [2.75, 3.05) is 18.5 Å². The number of allylic oxidation sites excluding steroid dienone is 4. The minimum atomic E-state index is -0.475. The molecule has 1 aliphatic heterocycles. The molecule has 1 amide bonds. The van der Waals surface area contributed by atoms with E-state index in [9.17, 15) is 14.4 Å². The van der Waals surface area contributed by atoms with E-state index in [0.29, 0.717) is 47.8 Å². The lowest BCUT2D eigenvalue weighted by atomic mass is 9.64. The van der Waals surface area contributed by atoms with Crippen LogP contribution in [0, 0.1) is 14.4 Å².